The van der Waals surface area contributed by atoms with Crippen molar-refractivity contribution < 1.29 is 22.8 Å². The van der Waals surface area contributed by atoms with Crippen LogP contribution in [0.25, 0.3) is 0 Å². The molecule has 192 valence electrons. The van der Waals surface area contributed by atoms with Gasteiger partial charge in [0.2, 0.25) is 5.91 Å². The minimum atomic E-state index is -4.46. The third-order valence-corrected chi connectivity index (χ3v) is 6.85. The molecule has 5 nitrogen and oxygen atoms in total. The van der Waals surface area contributed by atoms with E-state index in [4.69, 9.17) is 0 Å². The summed E-state index contributed by atoms with van der Waals surface area (Å²) in [4.78, 5) is 31.9. The van der Waals surface area contributed by atoms with E-state index in [1.54, 1.807) is 16.2 Å². The van der Waals surface area contributed by atoms with E-state index >= 15 is 0 Å². The fraction of sp³-hybridized carbons (Fsp3) is 0.333. The van der Waals surface area contributed by atoms with Crippen LogP contribution in [0.1, 0.15) is 41.1 Å². The van der Waals surface area contributed by atoms with Gasteiger partial charge in [-0.15, -0.1) is 11.3 Å². The van der Waals surface area contributed by atoms with E-state index in [0.29, 0.717) is 19.5 Å². The Morgan fingerprint density at radius 1 is 0.972 bits per heavy atom. The number of hydrogen-bond acceptors (Lipinski definition) is 3. The Balaban J connectivity index is 1.76. The highest BCUT2D eigenvalue weighted by molar-refractivity contribution is 7.11. The number of carbonyl (C=O) groups excluding carboxylic acids is 2. The first-order chi connectivity index (χ1) is 17.1. The van der Waals surface area contributed by atoms with Crippen molar-refractivity contribution in [3.8, 4) is 0 Å². The maximum Gasteiger partial charge on any atom is 0.416 e. The van der Waals surface area contributed by atoms with Crippen molar-refractivity contribution in [1.82, 2.24) is 9.80 Å². The summed E-state index contributed by atoms with van der Waals surface area (Å²) in [7, 11) is 0. The second kappa shape index (κ2) is 12.1. The first-order valence-electron chi connectivity index (χ1n) is 11.7. The van der Waals surface area contributed by atoms with Crippen LogP contribution in [-0.4, -0.2) is 34.3 Å². The average Bonchev–Trinajstić information content (AvgIpc) is 3.26. The van der Waals surface area contributed by atoms with Gasteiger partial charge in [-0.3, -0.25) is 4.79 Å². The number of nitrogens with zero attached hydrogens (tertiary/aromatic N) is 2. The Hall–Kier alpha value is -3.33. The van der Waals surface area contributed by atoms with Gasteiger partial charge < -0.3 is 15.1 Å². The number of thiophene rings is 1. The summed E-state index contributed by atoms with van der Waals surface area (Å²) in [6.45, 7) is 6.41. The molecule has 1 N–H and O–H groups in total. The largest absolute Gasteiger partial charge is 0.416 e. The fourth-order valence-electron chi connectivity index (χ4n) is 3.63. The van der Waals surface area contributed by atoms with E-state index in [0.717, 1.165) is 27.5 Å². The van der Waals surface area contributed by atoms with Crippen molar-refractivity contribution in [3.63, 3.8) is 0 Å². The van der Waals surface area contributed by atoms with Crippen LogP contribution in [0.4, 0.5) is 23.7 Å². The van der Waals surface area contributed by atoms with Gasteiger partial charge in [-0.25, -0.2) is 4.79 Å². The van der Waals surface area contributed by atoms with E-state index in [-0.39, 0.29) is 24.2 Å². The van der Waals surface area contributed by atoms with Crippen molar-refractivity contribution in [2.24, 2.45) is 0 Å². The quantitative estimate of drug-likeness (QED) is 0.334. The number of alkyl halides is 3. The predicted molar refractivity (Wildman–Crippen MR) is 137 cm³/mol. The van der Waals surface area contributed by atoms with Gasteiger partial charge in [0, 0.05) is 28.0 Å². The van der Waals surface area contributed by atoms with Crippen molar-refractivity contribution in [2.45, 2.75) is 52.5 Å². The zero-order valence-electron chi connectivity index (χ0n) is 20.5. The van der Waals surface area contributed by atoms with Crippen LogP contribution in [0, 0.1) is 6.92 Å². The Labute approximate surface area is 213 Å². The molecule has 0 saturated heterocycles. The maximum absolute atomic E-state index is 13.5. The van der Waals surface area contributed by atoms with Crippen LogP contribution in [0.5, 0.6) is 0 Å². The summed E-state index contributed by atoms with van der Waals surface area (Å²) in [5.41, 5.74) is 0.405. The molecule has 1 unspecified atom stereocenters. The smallest absolute Gasteiger partial charge is 0.332 e. The van der Waals surface area contributed by atoms with Crippen LogP contribution in [0.2, 0.25) is 0 Å². The number of nitrogens with one attached hydrogen (secondary N) is 1. The Morgan fingerprint density at radius 2 is 1.64 bits per heavy atom. The first kappa shape index (κ1) is 27.3. The first-order valence-corrected chi connectivity index (χ1v) is 12.5. The van der Waals surface area contributed by atoms with Crippen molar-refractivity contribution in [3.05, 3.63) is 87.6 Å². The lowest BCUT2D eigenvalue weighted by Crippen LogP contribution is -2.47. The summed E-state index contributed by atoms with van der Waals surface area (Å²) < 4.78 is 38.6. The number of amides is 3. The fourth-order valence-corrected chi connectivity index (χ4v) is 4.53. The Kier molecular flexibility index (Phi) is 9.14. The molecular weight excluding hydrogens is 487 g/mol. The summed E-state index contributed by atoms with van der Waals surface area (Å²) >= 11 is 1.62. The lowest BCUT2D eigenvalue weighted by Gasteiger charge is -2.31. The molecule has 0 aliphatic rings. The van der Waals surface area contributed by atoms with E-state index < -0.39 is 17.8 Å². The molecule has 36 heavy (non-hydrogen) atoms. The number of hydrogen-bond donors (Lipinski definition) is 1. The lowest BCUT2D eigenvalue weighted by molar-refractivity contribution is -0.137. The summed E-state index contributed by atoms with van der Waals surface area (Å²) in [6, 6.07) is 17.1. The van der Waals surface area contributed by atoms with Crippen LogP contribution in [0.15, 0.2) is 66.7 Å². The Morgan fingerprint density at radius 3 is 2.19 bits per heavy atom. The molecule has 0 saturated carbocycles. The minimum absolute atomic E-state index is 0.154. The van der Waals surface area contributed by atoms with E-state index in [1.165, 1.54) is 17.0 Å². The van der Waals surface area contributed by atoms with Gasteiger partial charge in [0.1, 0.15) is 6.54 Å². The van der Waals surface area contributed by atoms with Gasteiger partial charge >= 0.3 is 12.2 Å². The number of anilines is 1. The standard InChI is InChI=1S/C27H30F3N3O2S/c1-4-19(2)33(26(35)31-23-13-11-22(12-14-23)27(28,29)30)18-25(34)32(16-21-8-6-5-7-9-21)17-24-15-10-20(3)36-24/h5-15,19H,4,16-18H2,1-3H3,(H,31,35). The zero-order valence-corrected chi connectivity index (χ0v) is 21.3. The molecule has 0 bridgehead atoms. The van der Waals surface area contributed by atoms with E-state index in [9.17, 15) is 22.8 Å². The van der Waals surface area contributed by atoms with Crippen molar-refractivity contribution >= 4 is 29.0 Å². The number of rotatable bonds is 9. The van der Waals surface area contributed by atoms with Gasteiger partial charge in [-0.2, -0.15) is 13.2 Å². The molecular formula is C27H30F3N3O2S. The van der Waals surface area contributed by atoms with Crippen LogP contribution < -0.4 is 5.32 Å². The highest BCUT2D eigenvalue weighted by atomic mass is 32.1. The molecule has 1 atom stereocenters. The second-order valence-corrected chi connectivity index (χ2v) is 10.0. The summed E-state index contributed by atoms with van der Waals surface area (Å²) in [5, 5.41) is 2.63. The predicted octanol–water partition coefficient (Wildman–Crippen LogP) is 6.94. The van der Waals surface area contributed by atoms with Gasteiger partial charge in [-0.05, 0) is 62.2 Å². The molecule has 0 radical (unpaired) electrons. The molecule has 3 rings (SSSR count). The molecule has 3 amide bonds. The number of halogens is 3. The van der Waals surface area contributed by atoms with Crippen LogP contribution >= 0.6 is 11.3 Å². The van der Waals surface area contributed by atoms with E-state index in [1.807, 2.05) is 63.2 Å². The normalized spacial score (nSPS) is 12.2. The molecule has 2 aromatic carbocycles. The Bertz CT molecular complexity index is 1150. The average molecular weight is 518 g/mol. The third-order valence-electron chi connectivity index (χ3n) is 5.86. The van der Waals surface area contributed by atoms with Crippen LogP contribution in [-0.2, 0) is 24.1 Å². The topological polar surface area (TPSA) is 52.7 Å². The molecule has 0 aliphatic heterocycles. The SMILES string of the molecule is CCC(C)N(CC(=O)N(Cc1ccccc1)Cc1ccc(C)s1)C(=O)Nc1ccc(C(F)(F)F)cc1. The maximum atomic E-state index is 13.5. The molecule has 0 aliphatic carbocycles. The highest BCUT2D eigenvalue weighted by Crippen LogP contribution is 2.30. The minimum Gasteiger partial charge on any atom is -0.332 e. The van der Waals surface area contributed by atoms with Gasteiger partial charge in [0.05, 0.1) is 12.1 Å². The number of aryl methyl sites for hydroxylation is 1. The monoisotopic (exact) mass is 517 g/mol. The van der Waals surface area contributed by atoms with Gasteiger partial charge in [0.15, 0.2) is 0 Å². The van der Waals surface area contributed by atoms with Gasteiger partial charge in [-0.1, -0.05) is 37.3 Å². The number of benzene rings is 2. The molecule has 3 aromatic rings. The van der Waals surface area contributed by atoms with Crippen molar-refractivity contribution in [1.29, 1.82) is 0 Å². The van der Waals surface area contributed by atoms with Crippen LogP contribution in [0.3, 0.4) is 0 Å². The summed E-state index contributed by atoms with van der Waals surface area (Å²) in [6.07, 6.45) is -3.85. The zero-order chi connectivity index (χ0) is 26.3. The molecule has 0 fully saturated rings. The third kappa shape index (κ3) is 7.58. The highest BCUT2D eigenvalue weighted by Gasteiger charge is 2.30. The number of urea groups is 1. The van der Waals surface area contributed by atoms with E-state index in [2.05, 4.69) is 5.32 Å². The molecule has 1 aromatic heterocycles. The van der Waals surface area contributed by atoms with Crippen molar-refractivity contribution in [2.75, 3.05) is 11.9 Å². The lowest BCUT2D eigenvalue weighted by atomic mass is 10.2. The second-order valence-electron chi connectivity index (χ2n) is 8.64. The molecule has 0 spiro atoms. The summed E-state index contributed by atoms with van der Waals surface area (Å²) in [5.74, 6) is -0.215. The molecule has 9 heteroatoms. The number of carbonyl (C=O) groups is 2. The van der Waals surface area contributed by atoms with Gasteiger partial charge in [0.25, 0.3) is 0 Å². The molecule has 1 heterocycles.